The maximum absolute atomic E-state index is 5.89. The summed E-state index contributed by atoms with van der Waals surface area (Å²) in [6.07, 6.45) is 5.79. The van der Waals surface area contributed by atoms with E-state index in [0.717, 1.165) is 18.8 Å². The standard InChI is InChI=1S/C10H15ClN4/c11-10-9(14-4-5-15-10)7-12-6-8-2-1-3-13-8/h4-5,8,12-13H,1-3,6-7H2. The largest absolute Gasteiger partial charge is 0.313 e. The van der Waals surface area contributed by atoms with Crippen LogP contribution in [-0.4, -0.2) is 29.1 Å². The normalized spacial score (nSPS) is 20.7. The van der Waals surface area contributed by atoms with Gasteiger partial charge in [0.1, 0.15) is 0 Å². The highest BCUT2D eigenvalue weighted by molar-refractivity contribution is 6.29. The van der Waals surface area contributed by atoms with Crippen LogP contribution in [0.2, 0.25) is 5.15 Å². The van der Waals surface area contributed by atoms with Crippen molar-refractivity contribution in [3.8, 4) is 0 Å². The molecule has 0 spiro atoms. The molecule has 15 heavy (non-hydrogen) atoms. The van der Waals surface area contributed by atoms with E-state index in [4.69, 9.17) is 11.6 Å². The number of nitrogens with one attached hydrogen (secondary N) is 2. The predicted octanol–water partition coefficient (Wildman–Crippen LogP) is 0.972. The molecule has 82 valence electrons. The summed E-state index contributed by atoms with van der Waals surface area (Å²) in [5.74, 6) is 0. The predicted molar refractivity (Wildman–Crippen MR) is 59.8 cm³/mol. The second-order valence-corrected chi connectivity index (χ2v) is 4.08. The minimum Gasteiger partial charge on any atom is -0.313 e. The summed E-state index contributed by atoms with van der Waals surface area (Å²) < 4.78 is 0. The molecule has 4 nitrogen and oxygen atoms in total. The molecule has 1 aromatic rings. The summed E-state index contributed by atoms with van der Waals surface area (Å²) in [6.45, 7) is 2.79. The highest BCUT2D eigenvalue weighted by Gasteiger charge is 2.13. The molecule has 1 aromatic heterocycles. The molecule has 1 atom stereocenters. The number of hydrogen-bond donors (Lipinski definition) is 2. The van der Waals surface area contributed by atoms with Gasteiger partial charge in [0.25, 0.3) is 0 Å². The minimum atomic E-state index is 0.490. The fourth-order valence-corrected chi connectivity index (χ4v) is 1.94. The fourth-order valence-electron chi connectivity index (χ4n) is 1.76. The van der Waals surface area contributed by atoms with Crippen LogP contribution in [0.1, 0.15) is 18.5 Å². The molecule has 1 unspecified atom stereocenters. The second kappa shape index (κ2) is 5.39. The van der Waals surface area contributed by atoms with Gasteiger partial charge in [-0.2, -0.15) is 0 Å². The number of rotatable bonds is 4. The molecule has 0 aromatic carbocycles. The molecule has 2 rings (SSSR count). The molecule has 1 saturated heterocycles. The molecule has 0 amide bonds. The van der Waals surface area contributed by atoms with Crippen molar-refractivity contribution >= 4 is 11.6 Å². The van der Waals surface area contributed by atoms with Crippen molar-refractivity contribution in [3.05, 3.63) is 23.2 Å². The van der Waals surface area contributed by atoms with Crippen LogP contribution in [0.15, 0.2) is 12.4 Å². The summed E-state index contributed by atoms with van der Waals surface area (Å²) in [5.41, 5.74) is 0.817. The highest BCUT2D eigenvalue weighted by Crippen LogP contribution is 2.08. The minimum absolute atomic E-state index is 0.490. The third-order valence-corrected chi connectivity index (χ3v) is 2.88. The first kappa shape index (κ1) is 10.8. The van der Waals surface area contributed by atoms with E-state index in [1.54, 1.807) is 12.4 Å². The van der Waals surface area contributed by atoms with Gasteiger partial charge in [-0.15, -0.1) is 0 Å². The van der Waals surface area contributed by atoms with E-state index in [2.05, 4.69) is 20.6 Å². The molecule has 0 aliphatic carbocycles. The molecular weight excluding hydrogens is 212 g/mol. The Morgan fingerprint density at radius 2 is 2.33 bits per heavy atom. The van der Waals surface area contributed by atoms with Crippen LogP contribution in [0.4, 0.5) is 0 Å². The van der Waals surface area contributed by atoms with Crippen LogP contribution in [0.3, 0.4) is 0 Å². The summed E-state index contributed by atoms with van der Waals surface area (Å²) >= 11 is 5.89. The summed E-state index contributed by atoms with van der Waals surface area (Å²) in [7, 11) is 0. The van der Waals surface area contributed by atoms with Crippen molar-refractivity contribution in [1.29, 1.82) is 0 Å². The topological polar surface area (TPSA) is 49.8 Å². The van der Waals surface area contributed by atoms with E-state index in [9.17, 15) is 0 Å². The Kier molecular flexibility index (Phi) is 3.88. The number of hydrogen-bond acceptors (Lipinski definition) is 4. The lowest BCUT2D eigenvalue weighted by Crippen LogP contribution is -2.33. The van der Waals surface area contributed by atoms with Crippen LogP contribution in [0.25, 0.3) is 0 Å². The van der Waals surface area contributed by atoms with Crippen molar-refractivity contribution in [3.63, 3.8) is 0 Å². The maximum atomic E-state index is 5.89. The van der Waals surface area contributed by atoms with Crippen LogP contribution < -0.4 is 10.6 Å². The molecule has 2 N–H and O–H groups in total. The van der Waals surface area contributed by atoms with Gasteiger partial charge in [0, 0.05) is 31.5 Å². The molecule has 5 heteroatoms. The molecule has 2 heterocycles. The number of halogens is 1. The van der Waals surface area contributed by atoms with E-state index < -0.39 is 0 Å². The van der Waals surface area contributed by atoms with E-state index in [-0.39, 0.29) is 0 Å². The van der Waals surface area contributed by atoms with Crippen LogP contribution in [0, 0.1) is 0 Å². The molecule has 0 radical (unpaired) electrons. The Balaban J connectivity index is 1.75. The van der Waals surface area contributed by atoms with Crippen LogP contribution >= 0.6 is 11.6 Å². The highest BCUT2D eigenvalue weighted by atomic mass is 35.5. The average molecular weight is 227 g/mol. The molecule has 0 saturated carbocycles. The van der Waals surface area contributed by atoms with Gasteiger partial charge in [0.05, 0.1) is 5.69 Å². The zero-order valence-corrected chi connectivity index (χ0v) is 9.30. The van der Waals surface area contributed by atoms with E-state index in [0.29, 0.717) is 17.7 Å². The molecule has 0 bridgehead atoms. The lowest BCUT2D eigenvalue weighted by atomic mass is 10.2. The van der Waals surface area contributed by atoms with E-state index >= 15 is 0 Å². The Morgan fingerprint density at radius 1 is 1.47 bits per heavy atom. The molecule has 1 fully saturated rings. The number of nitrogens with zero attached hydrogens (tertiary/aromatic N) is 2. The van der Waals surface area contributed by atoms with E-state index in [1.807, 2.05) is 0 Å². The van der Waals surface area contributed by atoms with Crippen LogP contribution in [0.5, 0.6) is 0 Å². The third-order valence-electron chi connectivity index (χ3n) is 2.57. The summed E-state index contributed by atoms with van der Waals surface area (Å²) in [4.78, 5) is 8.14. The Labute approximate surface area is 94.5 Å². The summed E-state index contributed by atoms with van der Waals surface area (Å²) in [5, 5.41) is 7.25. The van der Waals surface area contributed by atoms with Crippen molar-refractivity contribution in [2.45, 2.75) is 25.4 Å². The van der Waals surface area contributed by atoms with Gasteiger partial charge < -0.3 is 10.6 Å². The van der Waals surface area contributed by atoms with Gasteiger partial charge in [-0.25, -0.2) is 4.98 Å². The van der Waals surface area contributed by atoms with Gasteiger partial charge in [0.15, 0.2) is 5.15 Å². The second-order valence-electron chi connectivity index (χ2n) is 3.72. The van der Waals surface area contributed by atoms with Gasteiger partial charge in [-0.3, -0.25) is 4.98 Å². The lowest BCUT2D eigenvalue weighted by Gasteiger charge is -2.11. The maximum Gasteiger partial charge on any atom is 0.151 e. The smallest absolute Gasteiger partial charge is 0.151 e. The Bertz CT molecular complexity index is 312. The first-order valence-corrected chi connectivity index (χ1v) is 5.63. The first-order chi connectivity index (χ1) is 7.36. The van der Waals surface area contributed by atoms with Gasteiger partial charge >= 0.3 is 0 Å². The quantitative estimate of drug-likeness (QED) is 0.804. The monoisotopic (exact) mass is 226 g/mol. The average Bonchev–Trinajstić information content (AvgIpc) is 2.74. The van der Waals surface area contributed by atoms with Crippen molar-refractivity contribution < 1.29 is 0 Å². The van der Waals surface area contributed by atoms with Crippen molar-refractivity contribution in [2.24, 2.45) is 0 Å². The van der Waals surface area contributed by atoms with E-state index in [1.165, 1.54) is 12.8 Å². The molecule has 1 aliphatic heterocycles. The van der Waals surface area contributed by atoms with Crippen molar-refractivity contribution in [1.82, 2.24) is 20.6 Å². The zero-order chi connectivity index (χ0) is 10.5. The van der Waals surface area contributed by atoms with Crippen molar-refractivity contribution in [2.75, 3.05) is 13.1 Å². The molecule has 1 aliphatic rings. The van der Waals surface area contributed by atoms with Crippen LogP contribution in [-0.2, 0) is 6.54 Å². The number of aromatic nitrogens is 2. The Hall–Kier alpha value is -0.710. The first-order valence-electron chi connectivity index (χ1n) is 5.26. The fraction of sp³-hybridized carbons (Fsp3) is 0.600. The van der Waals surface area contributed by atoms with Gasteiger partial charge in [0.2, 0.25) is 0 Å². The Morgan fingerprint density at radius 3 is 3.07 bits per heavy atom. The van der Waals surface area contributed by atoms with Gasteiger partial charge in [-0.05, 0) is 19.4 Å². The third kappa shape index (κ3) is 3.12. The zero-order valence-electron chi connectivity index (χ0n) is 8.54. The van der Waals surface area contributed by atoms with Gasteiger partial charge in [-0.1, -0.05) is 11.6 Å². The summed E-state index contributed by atoms with van der Waals surface area (Å²) in [6, 6.07) is 0.598. The SMILES string of the molecule is Clc1nccnc1CNCC1CCCN1. The molecular formula is C10H15ClN4. The lowest BCUT2D eigenvalue weighted by molar-refractivity contribution is 0.532.